The Morgan fingerprint density at radius 1 is 1.00 bits per heavy atom. The minimum Gasteiger partial charge on any atom is -0.205 e. The van der Waals surface area contributed by atoms with Gasteiger partial charge in [0.05, 0.1) is 5.02 Å². The fraction of sp³-hybridized carbons (Fsp3) is 0.667. The number of rotatable bonds is 5. The summed E-state index contributed by atoms with van der Waals surface area (Å²) < 4.78 is 14.0. The standard InChI is InChI=1S/C24H34ClF/c1-3-4-18-6-12-20(13-7-18)21-14-8-19(9-15-21)10-16-22-11-5-17(2)24(26)23(22)25/h3-5,11,18-21H,6-10,12-16H2,1-2H3. The van der Waals surface area contributed by atoms with Crippen LogP contribution in [0.15, 0.2) is 24.3 Å². The molecule has 2 fully saturated rings. The van der Waals surface area contributed by atoms with Crippen LogP contribution in [-0.2, 0) is 6.42 Å². The second-order valence-corrected chi connectivity index (χ2v) is 9.07. The first-order valence-corrected chi connectivity index (χ1v) is 11.0. The van der Waals surface area contributed by atoms with Crippen LogP contribution in [0.2, 0.25) is 5.02 Å². The molecule has 0 unspecified atom stereocenters. The molecular formula is C24H34ClF. The Labute approximate surface area is 164 Å². The van der Waals surface area contributed by atoms with Gasteiger partial charge in [0.25, 0.3) is 0 Å². The summed E-state index contributed by atoms with van der Waals surface area (Å²) in [5.74, 6) is 3.33. The normalized spacial score (nSPS) is 30.0. The first kappa shape index (κ1) is 19.9. The molecule has 0 aliphatic heterocycles. The number of hydrogen-bond donors (Lipinski definition) is 0. The van der Waals surface area contributed by atoms with Gasteiger partial charge < -0.3 is 0 Å². The number of halogens is 2. The summed E-state index contributed by atoms with van der Waals surface area (Å²) >= 11 is 6.20. The van der Waals surface area contributed by atoms with Crippen molar-refractivity contribution >= 4 is 11.6 Å². The molecule has 0 bridgehead atoms. The quantitative estimate of drug-likeness (QED) is 0.458. The number of aryl methyl sites for hydroxylation is 2. The molecule has 0 saturated heterocycles. The minimum atomic E-state index is -0.235. The first-order chi connectivity index (χ1) is 12.6. The summed E-state index contributed by atoms with van der Waals surface area (Å²) in [6, 6.07) is 3.87. The van der Waals surface area contributed by atoms with E-state index in [4.69, 9.17) is 11.6 Å². The Morgan fingerprint density at radius 2 is 1.62 bits per heavy atom. The SMILES string of the molecule is CC=CC1CCC(C2CCC(CCc3ccc(C)c(F)c3Cl)CC2)CC1. The topological polar surface area (TPSA) is 0 Å². The smallest absolute Gasteiger partial charge is 0.144 e. The van der Waals surface area contributed by atoms with Crippen molar-refractivity contribution in [1.29, 1.82) is 0 Å². The lowest BCUT2D eigenvalue weighted by Crippen LogP contribution is -2.25. The Morgan fingerprint density at radius 3 is 2.23 bits per heavy atom. The molecule has 1 aromatic carbocycles. The lowest BCUT2D eigenvalue weighted by Gasteiger charge is -2.37. The van der Waals surface area contributed by atoms with Crippen LogP contribution in [-0.4, -0.2) is 0 Å². The van der Waals surface area contributed by atoms with Gasteiger partial charge in [-0.05, 0) is 100 Å². The van der Waals surface area contributed by atoms with E-state index in [-0.39, 0.29) is 5.82 Å². The van der Waals surface area contributed by atoms with Crippen molar-refractivity contribution in [2.45, 2.75) is 78.1 Å². The fourth-order valence-electron chi connectivity index (χ4n) is 5.27. The van der Waals surface area contributed by atoms with Crippen molar-refractivity contribution < 1.29 is 4.39 Å². The third-order valence-corrected chi connectivity index (χ3v) is 7.43. The van der Waals surface area contributed by atoms with Crippen LogP contribution < -0.4 is 0 Å². The highest BCUT2D eigenvalue weighted by atomic mass is 35.5. The minimum absolute atomic E-state index is 0.235. The Hall–Kier alpha value is -0.820. The van der Waals surface area contributed by atoms with Crippen LogP contribution in [0.3, 0.4) is 0 Å². The number of benzene rings is 1. The lowest BCUT2D eigenvalue weighted by molar-refractivity contribution is 0.152. The van der Waals surface area contributed by atoms with Crippen molar-refractivity contribution in [1.82, 2.24) is 0 Å². The Kier molecular flexibility index (Phi) is 7.20. The molecule has 0 N–H and O–H groups in total. The summed E-state index contributed by atoms with van der Waals surface area (Å²) in [7, 11) is 0. The Balaban J connectivity index is 1.42. The monoisotopic (exact) mass is 376 g/mol. The third kappa shape index (κ3) is 4.91. The zero-order valence-electron chi connectivity index (χ0n) is 16.4. The molecule has 0 radical (unpaired) electrons. The molecule has 0 atom stereocenters. The highest BCUT2D eigenvalue weighted by Gasteiger charge is 2.30. The average molecular weight is 377 g/mol. The van der Waals surface area contributed by atoms with Crippen LogP contribution >= 0.6 is 11.6 Å². The van der Waals surface area contributed by atoms with E-state index in [2.05, 4.69) is 19.1 Å². The van der Waals surface area contributed by atoms with E-state index in [1.165, 1.54) is 51.4 Å². The van der Waals surface area contributed by atoms with Crippen LogP contribution in [0.5, 0.6) is 0 Å². The van der Waals surface area contributed by atoms with Crippen LogP contribution in [0.1, 0.15) is 75.8 Å². The molecule has 3 rings (SSSR count). The molecule has 0 aromatic heterocycles. The predicted octanol–water partition coefficient (Wildman–Crippen LogP) is 7.91. The zero-order chi connectivity index (χ0) is 18.5. The van der Waals surface area contributed by atoms with Gasteiger partial charge in [-0.3, -0.25) is 0 Å². The van der Waals surface area contributed by atoms with Gasteiger partial charge in [-0.15, -0.1) is 0 Å². The molecule has 0 spiro atoms. The van der Waals surface area contributed by atoms with Gasteiger partial charge in [-0.25, -0.2) is 4.39 Å². The van der Waals surface area contributed by atoms with Gasteiger partial charge in [0.15, 0.2) is 0 Å². The second kappa shape index (κ2) is 9.40. The molecule has 2 saturated carbocycles. The molecular weight excluding hydrogens is 343 g/mol. The summed E-state index contributed by atoms with van der Waals surface area (Å²) in [6.07, 6.45) is 17.9. The Bertz CT molecular complexity index is 605. The van der Waals surface area contributed by atoms with E-state index in [9.17, 15) is 4.39 Å². The van der Waals surface area contributed by atoms with Crippen molar-refractivity contribution in [3.8, 4) is 0 Å². The maximum atomic E-state index is 14.0. The summed E-state index contributed by atoms with van der Waals surface area (Å²) in [5, 5.41) is 0.344. The van der Waals surface area contributed by atoms with E-state index in [0.717, 1.165) is 42.1 Å². The van der Waals surface area contributed by atoms with Gasteiger partial charge >= 0.3 is 0 Å². The molecule has 0 nitrogen and oxygen atoms in total. The van der Waals surface area contributed by atoms with E-state index in [1.807, 2.05) is 12.1 Å². The molecule has 26 heavy (non-hydrogen) atoms. The summed E-state index contributed by atoms with van der Waals surface area (Å²) in [6.45, 7) is 3.92. The second-order valence-electron chi connectivity index (χ2n) is 8.69. The van der Waals surface area contributed by atoms with Crippen molar-refractivity contribution in [2.24, 2.45) is 23.7 Å². The van der Waals surface area contributed by atoms with E-state index < -0.39 is 0 Å². The zero-order valence-corrected chi connectivity index (χ0v) is 17.2. The van der Waals surface area contributed by atoms with Crippen LogP contribution in [0.25, 0.3) is 0 Å². The summed E-state index contributed by atoms with van der Waals surface area (Å²) in [5.41, 5.74) is 1.63. The van der Waals surface area contributed by atoms with Crippen LogP contribution in [0.4, 0.5) is 4.39 Å². The third-order valence-electron chi connectivity index (χ3n) is 7.02. The van der Waals surface area contributed by atoms with E-state index >= 15 is 0 Å². The molecule has 144 valence electrons. The maximum absolute atomic E-state index is 14.0. The number of hydrogen-bond acceptors (Lipinski definition) is 0. The van der Waals surface area contributed by atoms with Gasteiger partial charge in [0.1, 0.15) is 5.82 Å². The maximum Gasteiger partial charge on any atom is 0.144 e. The highest BCUT2D eigenvalue weighted by molar-refractivity contribution is 6.31. The predicted molar refractivity (Wildman–Crippen MR) is 110 cm³/mol. The van der Waals surface area contributed by atoms with Crippen molar-refractivity contribution in [3.05, 3.63) is 46.3 Å². The van der Waals surface area contributed by atoms with Crippen LogP contribution in [0, 0.1) is 36.4 Å². The first-order valence-electron chi connectivity index (χ1n) is 10.6. The molecule has 0 amide bonds. The molecule has 2 aliphatic carbocycles. The van der Waals surface area contributed by atoms with E-state index in [1.54, 1.807) is 6.92 Å². The van der Waals surface area contributed by atoms with Gasteiger partial charge in [-0.2, -0.15) is 0 Å². The molecule has 2 heteroatoms. The van der Waals surface area contributed by atoms with Gasteiger partial charge in [-0.1, -0.05) is 48.7 Å². The van der Waals surface area contributed by atoms with Crippen molar-refractivity contribution in [3.63, 3.8) is 0 Å². The fourth-order valence-corrected chi connectivity index (χ4v) is 5.57. The van der Waals surface area contributed by atoms with E-state index in [0.29, 0.717) is 10.6 Å². The average Bonchev–Trinajstić information content (AvgIpc) is 2.67. The van der Waals surface area contributed by atoms with Gasteiger partial charge in [0, 0.05) is 0 Å². The molecule has 2 aliphatic rings. The van der Waals surface area contributed by atoms with Crippen molar-refractivity contribution in [2.75, 3.05) is 0 Å². The molecule has 0 heterocycles. The highest BCUT2D eigenvalue weighted by Crippen LogP contribution is 2.42. The molecule has 1 aromatic rings. The summed E-state index contributed by atoms with van der Waals surface area (Å²) in [4.78, 5) is 0. The van der Waals surface area contributed by atoms with Gasteiger partial charge in [0.2, 0.25) is 0 Å². The lowest BCUT2D eigenvalue weighted by atomic mass is 9.68. The number of allylic oxidation sites excluding steroid dienone is 2. The largest absolute Gasteiger partial charge is 0.205 e.